The predicted molar refractivity (Wildman–Crippen MR) is 138 cm³/mol. The molecule has 1 aliphatic heterocycles. The Morgan fingerprint density at radius 2 is 1.94 bits per heavy atom. The van der Waals surface area contributed by atoms with Crippen LogP contribution in [0.4, 0.5) is 5.69 Å². The number of dihydropyridines is 1. The van der Waals surface area contributed by atoms with Crippen molar-refractivity contribution in [2.45, 2.75) is 12.8 Å². The highest BCUT2D eigenvalue weighted by atomic mass is 32.2. The first kappa shape index (κ1) is 25.1. The molecule has 0 bridgehead atoms. The first-order valence-electron chi connectivity index (χ1n) is 11.3. The van der Waals surface area contributed by atoms with Gasteiger partial charge in [0.1, 0.15) is 12.4 Å². The molecule has 4 rings (SSSR count). The van der Waals surface area contributed by atoms with Crippen LogP contribution in [0, 0.1) is 11.3 Å². The minimum atomic E-state index is -0.759. The summed E-state index contributed by atoms with van der Waals surface area (Å²) in [6.45, 7) is 2.07. The third-order valence-corrected chi connectivity index (χ3v) is 6.64. The number of fused-ring (bicyclic) bond motifs is 1. The summed E-state index contributed by atoms with van der Waals surface area (Å²) >= 11 is 1.19. The normalized spacial score (nSPS) is 15.4. The molecule has 8 nitrogen and oxygen atoms in total. The van der Waals surface area contributed by atoms with Gasteiger partial charge in [-0.25, -0.2) is 4.79 Å². The molecule has 1 atom stereocenters. The number of rotatable bonds is 9. The molecule has 0 aliphatic carbocycles. The van der Waals surface area contributed by atoms with Crippen LogP contribution in [0.15, 0.2) is 87.1 Å². The number of benzene rings is 2. The van der Waals surface area contributed by atoms with Gasteiger partial charge in [0.2, 0.25) is 5.91 Å². The fourth-order valence-corrected chi connectivity index (χ4v) is 4.88. The van der Waals surface area contributed by atoms with Crippen molar-refractivity contribution >= 4 is 40.1 Å². The zero-order valence-corrected chi connectivity index (χ0v) is 20.7. The highest BCUT2D eigenvalue weighted by Crippen LogP contribution is 2.41. The summed E-state index contributed by atoms with van der Waals surface area (Å²) in [6.07, 6.45) is 1.49. The zero-order valence-electron chi connectivity index (χ0n) is 19.9. The van der Waals surface area contributed by atoms with Gasteiger partial charge in [-0.3, -0.25) is 4.79 Å². The van der Waals surface area contributed by atoms with E-state index >= 15 is 0 Å². The summed E-state index contributed by atoms with van der Waals surface area (Å²) < 4.78 is 15.9. The van der Waals surface area contributed by atoms with E-state index in [0.717, 1.165) is 16.5 Å². The highest BCUT2D eigenvalue weighted by molar-refractivity contribution is 8.03. The Labute approximate surface area is 212 Å². The van der Waals surface area contributed by atoms with E-state index in [0.29, 0.717) is 16.5 Å². The van der Waals surface area contributed by atoms with E-state index in [2.05, 4.69) is 16.7 Å². The Kier molecular flexibility index (Phi) is 8.10. The zero-order chi connectivity index (χ0) is 25.5. The lowest BCUT2D eigenvalue weighted by molar-refractivity contribution is -0.140. The Morgan fingerprint density at radius 1 is 1.14 bits per heavy atom. The average molecular weight is 504 g/mol. The monoisotopic (exact) mass is 503 g/mol. The van der Waals surface area contributed by atoms with Crippen molar-refractivity contribution in [2.75, 3.05) is 31.4 Å². The number of hydrogen-bond donors (Lipinski definition) is 2. The number of carbonyl (C=O) groups is 2. The molecule has 9 heteroatoms. The van der Waals surface area contributed by atoms with Crippen molar-refractivity contribution in [2.24, 2.45) is 0 Å². The van der Waals surface area contributed by atoms with Gasteiger partial charge in [0, 0.05) is 23.9 Å². The fraction of sp³-hybridized carbons (Fsp3) is 0.222. The molecule has 0 saturated heterocycles. The molecule has 0 spiro atoms. The number of methoxy groups -OCH3 is 1. The maximum atomic E-state index is 12.9. The number of ether oxygens (including phenoxy) is 2. The number of thioether (sulfide) groups is 1. The van der Waals surface area contributed by atoms with Gasteiger partial charge in [-0.2, -0.15) is 5.26 Å². The quantitative estimate of drug-likeness (QED) is 0.319. The van der Waals surface area contributed by atoms with Gasteiger partial charge in [0.15, 0.2) is 0 Å². The van der Waals surface area contributed by atoms with Crippen LogP contribution >= 0.6 is 11.8 Å². The lowest BCUT2D eigenvalue weighted by atomic mass is 9.86. The predicted octanol–water partition coefficient (Wildman–Crippen LogP) is 4.69. The second kappa shape index (κ2) is 11.6. The van der Waals surface area contributed by atoms with Crippen LogP contribution < -0.4 is 10.6 Å². The van der Waals surface area contributed by atoms with Gasteiger partial charge >= 0.3 is 5.97 Å². The number of nitrogens with zero attached hydrogens (tertiary/aromatic N) is 1. The number of allylic oxidation sites excluding steroid dienone is 2. The molecule has 36 heavy (non-hydrogen) atoms. The van der Waals surface area contributed by atoms with Crippen LogP contribution in [0.3, 0.4) is 0 Å². The Balaban J connectivity index is 1.55. The van der Waals surface area contributed by atoms with E-state index in [1.165, 1.54) is 25.1 Å². The van der Waals surface area contributed by atoms with Crippen LogP contribution in [0.5, 0.6) is 0 Å². The second-order valence-corrected chi connectivity index (χ2v) is 8.94. The number of hydrogen-bond acceptors (Lipinski definition) is 8. The standard InChI is InChI=1S/C27H25N3O5S/c1-17-24(27(32)35-14-13-33-2)25(22-11-6-12-34-22)20(15-28)26(29-17)36-16-23(31)30-21-10-5-8-18-7-3-4-9-19(18)21/h3-12,25,29H,13-14,16H2,1-2H3,(H,30,31)/t25-/m1/s1. The van der Waals surface area contributed by atoms with E-state index in [4.69, 9.17) is 13.9 Å². The van der Waals surface area contributed by atoms with Crippen molar-refractivity contribution < 1.29 is 23.5 Å². The summed E-state index contributed by atoms with van der Waals surface area (Å²) in [5.74, 6) is -1.05. The van der Waals surface area contributed by atoms with E-state index in [1.807, 2.05) is 42.5 Å². The van der Waals surface area contributed by atoms with Gasteiger partial charge in [0.25, 0.3) is 0 Å². The Hall–Kier alpha value is -4.00. The van der Waals surface area contributed by atoms with Gasteiger partial charge in [-0.05, 0) is 30.5 Å². The van der Waals surface area contributed by atoms with E-state index in [1.54, 1.807) is 19.1 Å². The molecule has 1 aliphatic rings. The summed E-state index contributed by atoms with van der Waals surface area (Å²) in [4.78, 5) is 25.7. The molecule has 0 radical (unpaired) electrons. The van der Waals surface area contributed by atoms with Gasteiger partial charge in [-0.15, -0.1) is 0 Å². The van der Waals surface area contributed by atoms with Crippen LogP contribution in [0.2, 0.25) is 0 Å². The highest BCUT2D eigenvalue weighted by Gasteiger charge is 2.37. The third-order valence-electron chi connectivity index (χ3n) is 5.63. The van der Waals surface area contributed by atoms with E-state index in [9.17, 15) is 14.9 Å². The molecule has 2 N–H and O–H groups in total. The van der Waals surface area contributed by atoms with Crippen LogP contribution in [-0.4, -0.2) is 38.0 Å². The number of carbonyl (C=O) groups excluding carboxylic acids is 2. The Morgan fingerprint density at radius 3 is 2.69 bits per heavy atom. The summed E-state index contributed by atoms with van der Waals surface area (Å²) in [5, 5.41) is 18.6. The number of anilines is 1. The SMILES string of the molecule is COCCOC(=O)C1=C(C)NC(SCC(=O)Nc2cccc3ccccc23)=C(C#N)[C@@H]1c1ccco1. The molecule has 2 aromatic carbocycles. The molecule has 1 amide bonds. The molecule has 0 fully saturated rings. The molecular formula is C27H25N3O5S. The lowest BCUT2D eigenvalue weighted by Crippen LogP contribution is -2.29. The summed E-state index contributed by atoms with van der Waals surface area (Å²) in [6, 6.07) is 19.1. The number of amides is 1. The molecular weight excluding hydrogens is 478 g/mol. The van der Waals surface area contributed by atoms with Gasteiger partial charge < -0.3 is 24.5 Å². The van der Waals surface area contributed by atoms with Crippen molar-refractivity contribution in [3.63, 3.8) is 0 Å². The lowest BCUT2D eigenvalue weighted by Gasteiger charge is -2.27. The third kappa shape index (κ3) is 5.46. The smallest absolute Gasteiger partial charge is 0.336 e. The molecule has 1 aromatic heterocycles. The van der Waals surface area contributed by atoms with E-state index in [-0.39, 0.29) is 36.0 Å². The second-order valence-electron chi connectivity index (χ2n) is 7.96. The van der Waals surface area contributed by atoms with Crippen molar-refractivity contribution in [1.82, 2.24) is 5.32 Å². The molecule has 0 saturated carbocycles. The van der Waals surface area contributed by atoms with Crippen LogP contribution in [0.1, 0.15) is 18.6 Å². The summed E-state index contributed by atoms with van der Waals surface area (Å²) in [5.41, 5.74) is 1.80. The minimum Gasteiger partial charge on any atom is -0.468 e. The number of nitrogens with one attached hydrogen (secondary N) is 2. The van der Waals surface area contributed by atoms with Crippen LogP contribution in [-0.2, 0) is 19.1 Å². The number of nitriles is 1. The topological polar surface area (TPSA) is 114 Å². The largest absolute Gasteiger partial charge is 0.468 e. The molecule has 0 unspecified atom stereocenters. The maximum absolute atomic E-state index is 12.9. The average Bonchev–Trinajstić information content (AvgIpc) is 3.42. The van der Waals surface area contributed by atoms with Gasteiger partial charge in [0.05, 0.1) is 46.8 Å². The Bertz CT molecular complexity index is 1370. The summed E-state index contributed by atoms with van der Waals surface area (Å²) in [7, 11) is 1.52. The van der Waals surface area contributed by atoms with Gasteiger partial charge in [-0.1, -0.05) is 48.2 Å². The minimum absolute atomic E-state index is 0.0580. The first-order chi connectivity index (χ1) is 17.5. The van der Waals surface area contributed by atoms with E-state index < -0.39 is 11.9 Å². The first-order valence-corrected chi connectivity index (χ1v) is 12.2. The van der Waals surface area contributed by atoms with Crippen molar-refractivity contribution in [3.05, 3.63) is 88.5 Å². The maximum Gasteiger partial charge on any atom is 0.336 e. The van der Waals surface area contributed by atoms with Crippen LogP contribution in [0.25, 0.3) is 10.8 Å². The fourth-order valence-electron chi connectivity index (χ4n) is 3.99. The van der Waals surface area contributed by atoms with Crippen molar-refractivity contribution in [1.29, 1.82) is 5.26 Å². The molecule has 184 valence electrons. The van der Waals surface area contributed by atoms with Crippen molar-refractivity contribution in [3.8, 4) is 6.07 Å². The number of esters is 1. The molecule has 3 aromatic rings. The number of furan rings is 1. The molecule has 2 heterocycles.